The van der Waals surface area contributed by atoms with Crippen molar-refractivity contribution in [2.75, 3.05) is 32.6 Å². The molecule has 0 aliphatic carbocycles. The van der Waals surface area contributed by atoms with Crippen molar-refractivity contribution in [1.82, 2.24) is 10.2 Å². The summed E-state index contributed by atoms with van der Waals surface area (Å²) < 4.78 is 5.53. The normalized spacial score (nSPS) is 10.0. The van der Waals surface area contributed by atoms with Gasteiger partial charge in [-0.1, -0.05) is 30.3 Å². The van der Waals surface area contributed by atoms with Crippen LogP contribution >= 0.6 is 0 Å². The second-order valence-corrected chi connectivity index (χ2v) is 5.71. The fourth-order valence-corrected chi connectivity index (χ4v) is 2.12. The van der Waals surface area contributed by atoms with E-state index in [1.165, 1.54) is 4.90 Å². The van der Waals surface area contributed by atoms with E-state index in [0.717, 1.165) is 11.3 Å². The van der Waals surface area contributed by atoms with Crippen molar-refractivity contribution < 1.29 is 14.3 Å². The molecule has 2 aromatic rings. The second-order valence-electron chi connectivity index (χ2n) is 5.71. The van der Waals surface area contributed by atoms with E-state index in [9.17, 15) is 9.59 Å². The van der Waals surface area contributed by atoms with E-state index in [1.54, 1.807) is 26.2 Å². The monoisotopic (exact) mass is 341 g/mol. The quantitative estimate of drug-likeness (QED) is 0.760. The molecule has 0 heterocycles. The SMILES string of the molecule is CN(C)C(=O)Nc1cccc(CC(=O)NCCOc2ccccc2)c1. The number of para-hydroxylation sites is 1. The van der Waals surface area contributed by atoms with Crippen LogP contribution in [0.5, 0.6) is 5.75 Å². The molecule has 0 spiro atoms. The molecular formula is C19H23N3O3. The van der Waals surface area contributed by atoms with E-state index in [0.29, 0.717) is 18.8 Å². The van der Waals surface area contributed by atoms with Gasteiger partial charge in [0.25, 0.3) is 0 Å². The van der Waals surface area contributed by atoms with Crippen LogP contribution in [0.15, 0.2) is 54.6 Å². The lowest BCUT2D eigenvalue weighted by Gasteiger charge is -2.12. The molecule has 0 saturated carbocycles. The van der Waals surface area contributed by atoms with Crippen molar-refractivity contribution in [2.24, 2.45) is 0 Å². The van der Waals surface area contributed by atoms with Crippen LogP contribution in [0.4, 0.5) is 10.5 Å². The molecule has 0 saturated heterocycles. The van der Waals surface area contributed by atoms with Gasteiger partial charge in [0, 0.05) is 19.8 Å². The van der Waals surface area contributed by atoms with Gasteiger partial charge in [0.2, 0.25) is 5.91 Å². The highest BCUT2D eigenvalue weighted by atomic mass is 16.5. The van der Waals surface area contributed by atoms with Gasteiger partial charge in [0.1, 0.15) is 12.4 Å². The third-order valence-electron chi connectivity index (χ3n) is 3.39. The number of carbonyl (C=O) groups is 2. The molecule has 0 aliphatic rings. The molecule has 0 aromatic heterocycles. The van der Waals surface area contributed by atoms with Crippen molar-refractivity contribution >= 4 is 17.6 Å². The number of urea groups is 1. The van der Waals surface area contributed by atoms with Gasteiger partial charge in [0.05, 0.1) is 13.0 Å². The molecule has 0 fully saturated rings. The maximum absolute atomic E-state index is 12.0. The number of benzene rings is 2. The molecule has 2 rings (SSSR count). The predicted molar refractivity (Wildman–Crippen MR) is 97.8 cm³/mol. The van der Waals surface area contributed by atoms with Crippen molar-refractivity contribution in [1.29, 1.82) is 0 Å². The molecule has 132 valence electrons. The van der Waals surface area contributed by atoms with Crippen LogP contribution in [0.3, 0.4) is 0 Å². The number of nitrogens with zero attached hydrogens (tertiary/aromatic N) is 1. The summed E-state index contributed by atoms with van der Waals surface area (Å²) in [5.41, 5.74) is 1.49. The zero-order chi connectivity index (χ0) is 18.1. The average molecular weight is 341 g/mol. The predicted octanol–water partition coefficient (Wildman–Crippen LogP) is 2.52. The summed E-state index contributed by atoms with van der Waals surface area (Å²) in [5.74, 6) is 0.689. The Labute approximate surface area is 147 Å². The fraction of sp³-hybridized carbons (Fsp3) is 0.263. The van der Waals surface area contributed by atoms with Crippen LogP contribution in [0, 0.1) is 0 Å². The zero-order valence-electron chi connectivity index (χ0n) is 14.5. The van der Waals surface area contributed by atoms with Crippen LogP contribution in [0.25, 0.3) is 0 Å². The Balaban J connectivity index is 1.75. The Bertz CT molecular complexity index is 702. The van der Waals surface area contributed by atoms with E-state index < -0.39 is 0 Å². The zero-order valence-corrected chi connectivity index (χ0v) is 14.5. The van der Waals surface area contributed by atoms with Gasteiger partial charge in [-0.15, -0.1) is 0 Å². The lowest BCUT2D eigenvalue weighted by atomic mass is 10.1. The molecule has 0 bridgehead atoms. The lowest BCUT2D eigenvalue weighted by Crippen LogP contribution is -2.29. The number of nitrogens with one attached hydrogen (secondary N) is 2. The van der Waals surface area contributed by atoms with Crippen LogP contribution in [-0.2, 0) is 11.2 Å². The maximum Gasteiger partial charge on any atom is 0.321 e. The van der Waals surface area contributed by atoms with Gasteiger partial charge >= 0.3 is 6.03 Å². The van der Waals surface area contributed by atoms with Gasteiger partial charge < -0.3 is 20.3 Å². The molecular weight excluding hydrogens is 318 g/mol. The van der Waals surface area contributed by atoms with Crippen molar-refractivity contribution in [3.63, 3.8) is 0 Å². The Kier molecular flexibility index (Phi) is 6.83. The molecule has 25 heavy (non-hydrogen) atoms. The van der Waals surface area contributed by atoms with Crippen molar-refractivity contribution in [2.45, 2.75) is 6.42 Å². The van der Waals surface area contributed by atoms with Gasteiger partial charge in [0.15, 0.2) is 0 Å². The first-order valence-corrected chi connectivity index (χ1v) is 8.06. The van der Waals surface area contributed by atoms with E-state index in [4.69, 9.17) is 4.74 Å². The standard InChI is InChI=1S/C19H23N3O3/c1-22(2)19(24)21-16-8-6-7-15(13-16)14-18(23)20-11-12-25-17-9-4-3-5-10-17/h3-10,13H,11-12,14H2,1-2H3,(H,20,23)(H,21,24). The second kappa shape index (κ2) is 9.32. The van der Waals surface area contributed by atoms with E-state index >= 15 is 0 Å². The third-order valence-corrected chi connectivity index (χ3v) is 3.39. The van der Waals surface area contributed by atoms with Crippen molar-refractivity contribution in [3.05, 3.63) is 60.2 Å². The largest absolute Gasteiger partial charge is 0.492 e. The fourth-order valence-electron chi connectivity index (χ4n) is 2.12. The highest BCUT2D eigenvalue weighted by Crippen LogP contribution is 2.12. The van der Waals surface area contributed by atoms with Crippen molar-refractivity contribution in [3.8, 4) is 5.75 Å². The molecule has 6 heteroatoms. The summed E-state index contributed by atoms with van der Waals surface area (Å²) in [6, 6.07) is 16.5. The van der Waals surface area contributed by atoms with Crippen LogP contribution in [-0.4, -0.2) is 44.1 Å². The number of hydrogen-bond donors (Lipinski definition) is 2. The molecule has 2 aromatic carbocycles. The third kappa shape index (κ3) is 6.55. The Hall–Kier alpha value is -3.02. The van der Waals surface area contributed by atoms with Gasteiger partial charge in [-0.2, -0.15) is 0 Å². The van der Waals surface area contributed by atoms with Gasteiger partial charge in [-0.05, 0) is 29.8 Å². The molecule has 2 N–H and O–H groups in total. The maximum atomic E-state index is 12.0. The first kappa shape index (κ1) is 18.3. The summed E-state index contributed by atoms with van der Waals surface area (Å²) in [6.07, 6.45) is 0.247. The smallest absolute Gasteiger partial charge is 0.321 e. The van der Waals surface area contributed by atoms with Crippen LogP contribution < -0.4 is 15.4 Å². The molecule has 3 amide bonds. The highest BCUT2D eigenvalue weighted by molar-refractivity contribution is 5.89. The van der Waals surface area contributed by atoms with E-state index in [1.807, 2.05) is 42.5 Å². The highest BCUT2D eigenvalue weighted by Gasteiger charge is 2.07. The Morgan fingerprint density at radius 1 is 1.04 bits per heavy atom. The lowest BCUT2D eigenvalue weighted by molar-refractivity contribution is -0.120. The first-order valence-electron chi connectivity index (χ1n) is 8.06. The topological polar surface area (TPSA) is 70.7 Å². The number of hydrogen-bond acceptors (Lipinski definition) is 3. The minimum Gasteiger partial charge on any atom is -0.492 e. The summed E-state index contributed by atoms with van der Waals surface area (Å²) in [7, 11) is 3.34. The number of anilines is 1. The molecule has 0 unspecified atom stereocenters. The summed E-state index contributed by atoms with van der Waals surface area (Å²) in [4.78, 5) is 25.1. The molecule has 0 atom stereocenters. The van der Waals surface area contributed by atoms with Crippen LogP contribution in [0.2, 0.25) is 0 Å². The molecule has 0 radical (unpaired) electrons. The summed E-state index contributed by atoms with van der Waals surface area (Å²) in [5, 5.41) is 5.58. The van der Waals surface area contributed by atoms with E-state index in [-0.39, 0.29) is 18.4 Å². The number of carbonyl (C=O) groups excluding carboxylic acids is 2. The minimum atomic E-state index is -0.209. The summed E-state index contributed by atoms with van der Waals surface area (Å²) >= 11 is 0. The van der Waals surface area contributed by atoms with Crippen LogP contribution in [0.1, 0.15) is 5.56 Å². The Morgan fingerprint density at radius 2 is 1.80 bits per heavy atom. The molecule has 0 aliphatic heterocycles. The first-order chi connectivity index (χ1) is 12.0. The number of rotatable bonds is 7. The average Bonchev–Trinajstić information content (AvgIpc) is 2.60. The van der Waals surface area contributed by atoms with Gasteiger partial charge in [-0.3, -0.25) is 4.79 Å². The number of ether oxygens (including phenoxy) is 1. The minimum absolute atomic E-state index is 0.0900. The summed E-state index contributed by atoms with van der Waals surface area (Å²) in [6.45, 7) is 0.847. The van der Waals surface area contributed by atoms with Gasteiger partial charge in [-0.25, -0.2) is 4.79 Å². The molecule has 6 nitrogen and oxygen atoms in total. The Morgan fingerprint density at radius 3 is 2.52 bits per heavy atom. The number of amides is 3. The van der Waals surface area contributed by atoms with E-state index in [2.05, 4.69) is 10.6 Å².